The van der Waals surface area contributed by atoms with Crippen LogP contribution in [-0.2, 0) is 26.2 Å². The zero-order valence-corrected chi connectivity index (χ0v) is 18.5. The number of rotatable bonds is 6. The van der Waals surface area contributed by atoms with Gasteiger partial charge in [-0.2, -0.15) is 0 Å². The SMILES string of the molecule is Cc1ccccc1C(=O)N(Cc1ccco1)C1CC(=O)N(c2ccc(S(N)(=O)=O)cc2)C1=O. The molecule has 1 atom stereocenters. The van der Waals surface area contributed by atoms with E-state index in [1.54, 1.807) is 43.3 Å². The van der Waals surface area contributed by atoms with E-state index in [4.69, 9.17) is 9.56 Å². The number of aryl methyl sites for hydroxylation is 1. The summed E-state index contributed by atoms with van der Waals surface area (Å²) in [6.07, 6.45) is 1.25. The zero-order valence-electron chi connectivity index (χ0n) is 17.7. The number of carbonyl (C=O) groups excluding carboxylic acids is 3. The number of nitrogens with zero attached hydrogens (tertiary/aromatic N) is 2. The molecule has 0 bridgehead atoms. The highest BCUT2D eigenvalue weighted by Gasteiger charge is 2.45. The van der Waals surface area contributed by atoms with Gasteiger partial charge in [0.15, 0.2) is 0 Å². The zero-order chi connectivity index (χ0) is 23.8. The molecule has 0 aliphatic carbocycles. The molecule has 1 aliphatic rings. The average molecular weight is 468 g/mol. The van der Waals surface area contributed by atoms with Crippen LogP contribution in [0, 0.1) is 6.92 Å². The van der Waals surface area contributed by atoms with Gasteiger partial charge in [0.05, 0.1) is 29.8 Å². The van der Waals surface area contributed by atoms with Gasteiger partial charge in [-0.05, 0) is 55.0 Å². The van der Waals surface area contributed by atoms with E-state index in [-0.39, 0.29) is 23.5 Å². The summed E-state index contributed by atoms with van der Waals surface area (Å²) in [5.41, 5.74) is 1.35. The molecule has 1 fully saturated rings. The van der Waals surface area contributed by atoms with E-state index < -0.39 is 33.8 Å². The highest BCUT2D eigenvalue weighted by atomic mass is 32.2. The number of nitrogens with two attached hydrogens (primary N) is 1. The standard InChI is InChI=1S/C23H21N3O6S/c1-15-5-2-3-7-19(15)22(28)25(14-17-6-4-12-32-17)20-13-21(27)26(23(20)29)16-8-10-18(11-9-16)33(24,30)31/h2-12,20H,13-14H2,1H3,(H2,24,30,31). The Morgan fingerprint density at radius 1 is 1.09 bits per heavy atom. The Balaban J connectivity index is 1.68. The van der Waals surface area contributed by atoms with Crippen molar-refractivity contribution < 1.29 is 27.2 Å². The number of benzene rings is 2. The molecule has 9 nitrogen and oxygen atoms in total. The third-order valence-electron chi connectivity index (χ3n) is 5.47. The summed E-state index contributed by atoms with van der Waals surface area (Å²) < 4.78 is 28.4. The maximum Gasteiger partial charge on any atom is 0.257 e. The van der Waals surface area contributed by atoms with Crippen LogP contribution in [0.25, 0.3) is 0 Å². The molecule has 0 saturated carbocycles. The smallest absolute Gasteiger partial charge is 0.257 e. The molecule has 1 aliphatic heterocycles. The minimum atomic E-state index is -3.92. The maximum absolute atomic E-state index is 13.5. The molecule has 33 heavy (non-hydrogen) atoms. The molecule has 2 N–H and O–H groups in total. The number of carbonyl (C=O) groups is 3. The summed E-state index contributed by atoms with van der Waals surface area (Å²) >= 11 is 0. The Hall–Kier alpha value is -3.76. The summed E-state index contributed by atoms with van der Waals surface area (Å²) in [5.74, 6) is -1.03. The van der Waals surface area contributed by atoms with E-state index in [1.807, 2.05) is 0 Å². The first-order valence-corrected chi connectivity index (χ1v) is 11.6. The Labute approximate surface area is 190 Å². The quantitative estimate of drug-likeness (QED) is 0.553. The number of amides is 3. The van der Waals surface area contributed by atoms with Gasteiger partial charge in [0.25, 0.3) is 11.8 Å². The van der Waals surface area contributed by atoms with Gasteiger partial charge in [-0.15, -0.1) is 0 Å². The van der Waals surface area contributed by atoms with Crippen LogP contribution in [0.15, 0.2) is 76.2 Å². The van der Waals surface area contributed by atoms with Gasteiger partial charge in [0.2, 0.25) is 15.9 Å². The molecule has 1 saturated heterocycles. The predicted molar refractivity (Wildman–Crippen MR) is 118 cm³/mol. The number of primary sulfonamides is 1. The van der Waals surface area contributed by atoms with Crippen LogP contribution in [0.5, 0.6) is 0 Å². The van der Waals surface area contributed by atoms with Gasteiger partial charge in [0, 0.05) is 5.56 Å². The number of sulfonamides is 1. The van der Waals surface area contributed by atoms with Gasteiger partial charge < -0.3 is 9.32 Å². The fourth-order valence-electron chi connectivity index (χ4n) is 3.78. The second-order valence-electron chi connectivity index (χ2n) is 7.65. The summed E-state index contributed by atoms with van der Waals surface area (Å²) in [6, 6.07) is 14.4. The lowest BCUT2D eigenvalue weighted by molar-refractivity contribution is -0.122. The van der Waals surface area contributed by atoms with Crippen molar-refractivity contribution in [2.24, 2.45) is 5.14 Å². The summed E-state index contributed by atoms with van der Waals surface area (Å²) in [6.45, 7) is 1.79. The molecule has 2 aromatic carbocycles. The molecule has 0 spiro atoms. The van der Waals surface area contributed by atoms with Crippen molar-refractivity contribution in [1.29, 1.82) is 0 Å². The molecule has 170 valence electrons. The molecular formula is C23H21N3O6S. The fourth-order valence-corrected chi connectivity index (χ4v) is 4.29. The van der Waals surface area contributed by atoms with Crippen LogP contribution >= 0.6 is 0 Å². The Morgan fingerprint density at radius 2 is 1.79 bits per heavy atom. The van der Waals surface area contributed by atoms with E-state index in [9.17, 15) is 22.8 Å². The van der Waals surface area contributed by atoms with Crippen molar-refractivity contribution in [2.45, 2.75) is 30.8 Å². The van der Waals surface area contributed by atoms with Crippen LogP contribution in [-0.4, -0.2) is 37.1 Å². The largest absolute Gasteiger partial charge is 0.467 e. The molecule has 1 unspecified atom stereocenters. The first-order chi connectivity index (χ1) is 15.7. The highest BCUT2D eigenvalue weighted by molar-refractivity contribution is 7.89. The second-order valence-corrected chi connectivity index (χ2v) is 9.21. The average Bonchev–Trinajstić information content (AvgIpc) is 3.39. The van der Waals surface area contributed by atoms with Gasteiger partial charge in [-0.3, -0.25) is 14.4 Å². The van der Waals surface area contributed by atoms with Gasteiger partial charge in [0.1, 0.15) is 11.8 Å². The van der Waals surface area contributed by atoms with E-state index >= 15 is 0 Å². The predicted octanol–water partition coefficient (Wildman–Crippen LogP) is 2.21. The minimum Gasteiger partial charge on any atom is -0.467 e. The van der Waals surface area contributed by atoms with Crippen LogP contribution in [0.1, 0.15) is 28.1 Å². The van der Waals surface area contributed by atoms with Crippen LogP contribution in [0.3, 0.4) is 0 Å². The van der Waals surface area contributed by atoms with Crippen LogP contribution in [0.4, 0.5) is 5.69 Å². The van der Waals surface area contributed by atoms with E-state index in [0.717, 1.165) is 10.5 Å². The fraction of sp³-hybridized carbons (Fsp3) is 0.174. The lowest BCUT2D eigenvalue weighted by Crippen LogP contribution is -2.45. The number of hydrogen-bond acceptors (Lipinski definition) is 6. The first kappa shape index (κ1) is 22.4. The van der Waals surface area contributed by atoms with E-state index in [2.05, 4.69) is 0 Å². The molecule has 2 heterocycles. The van der Waals surface area contributed by atoms with Crippen molar-refractivity contribution in [1.82, 2.24) is 4.90 Å². The Bertz CT molecular complexity index is 1320. The van der Waals surface area contributed by atoms with Crippen LogP contribution in [0.2, 0.25) is 0 Å². The molecule has 3 aromatic rings. The van der Waals surface area contributed by atoms with Gasteiger partial charge in [-0.25, -0.2) is 18.5 Å². The number of furan rings is 1. The molecule has 0 radical (unpaired) electrons. The van der Waals surface area contributed by atoms with Crippen molar-refractivity contribution in [3.05, 3.63) is 83.8 Å². The molecule has 3 amide bonds. The van der Waals surface area contributed by atoms with Crippen molar-refractivity contribution in [2.75, 3.05) is 4.90 Å². The summed E-state index contributed by atoms with van der Waals surface area (Å²) in [5, 5.41) is 5.11. The molecule has 10 heteroatoms. The lowest BCUT2D eigenvalue weighted by Gasteiger charge is -2.27. The highest BCUT2D eigenvalue weighted by Crippen LogP contribution is 2.29. The number of hydrogen-bond donors (Lipinski definition) is 1. The van der Waals surface area contributed by atoms with E-state index in [0.29, 0.717) is 11.3 Å². The topological polar surface area (TPSA) is 131 Å². The monoisotopic (exact) mass is 467 g/mol. The Kier molecular flexibility index (Phi) is 5.88. The summed E-state index contributed by atoms with van der Waals surface area (Å²) in [7, 11) is -3.92. The Morgan fingerprint density at radius 3 is 2.39 bits per heavy atom. The molecular weight excluding hydrogens is 446 g/mol. The van der Waals surface area contributed by atoms with Crippen molar-refractivity contribution in [3.63, 3.8) is 0 Å². The first-order valence-electron chi connectivity index (χ1n) is 10.1. The second kappa shape index (κ2) is 8.64. The van der Waals surface area contributed by atoms with Gasteiger partial charge in [-0.1, -0.05) is 18.2 Å². The normalized spacial score (nSPS) is 16.3. The summed E-state index contributed by atoms with van der Waals surface area (Å²) in [4.78, 5) is 41.7. The van der Waals surface area contributed by atoms with Gasteiger partial charge >= 0.3 is 0 Å². The van der Waals surface area contributed by atoms with Crippen molar-refractivity contribution in [3.8, 4) is 0 Å². The molecule has 4 rings (SSSR count). The maximum atomic E-state index is 13.5. The minimum absolute atomic E-state index is 0.00203. The lowest BCUT2D eigenvalue weighted by atomic mass is 10.1. The number of imide groups is 1. The van der Waals surface area contributed by atoms with Crippen LogP contribution < -0.4 is 10.0 Å². The third kappa shape index (κ3) is 4.43. The van der Waals surface area contributed by atoms with Crippen molar-refractivity contribution >= 4 is 33.4 Å². The number of anilines is 1. The third-order valence-corrected chi connectivity index (χ3v) is 6.39. The van der Waals surface area contributed by atoms with E-state index in [1.165, 1.54) is 35.4 Å². The molecule has 1 aromatic heterocycles.